The van der Waals surface area contributed by atoms with Crippen molar-refractivity contribution in [2.75, 3.05) is 34.0 Å². The lowest BCUT2D eigenvalue weighted by atomic mass is 9.86. The summed E-state index contributed by atoms with van der Waals surface area (Å²) in [5, 5.41) is 4.19. The number of ether oxygens (including phenoxy) is 5. The highest BCUT2D eigenvalue weighted by atomic mass is 32.2. The summed E-state index contributed by atoms with van der Waals surface area (Å²) in [6.45, 7) is 11.3. The van der Waals surface area contributed by atoms with Crippen molar-refractivity contribution in [1.82, 2.24) is 19.9 Å². The zero-order valence-electron chi connectivity index (χ0n) is 36.9. The molecule has 2 aliphatic carbocycles. The number of benzene rings is 1. The number of fused-ring (bicyclic) bond motifs is 1. The summed E-state index contributed by atoms with van der Waals surface area (Å²) in [6.07, 6.45) is 9.52. The molecule has 16 nitrogen and oxygen atoms in total. The summed E-state index contributed by atoms with van der Waals surface area (Å²) in [7, 11) is -0.611. The number of allylic oxidation sites excluding steroid dienone is 2. The largest absolute Gasteiger partial charge is 0.497 e. The molecule has 338 valence electrons. The lowest BCUT2D eigenvalue weighted by molar-refractivity contribution is -0.140. The lowest BCUT2D eigenvalue weighted by Gasteiger charge is -2.33. The Bertz CT molecular complexity index is 2030. The van der Waals surface area contributed by atoms with Gasteiger partial charge in [-0.2, -0.15) is 0 Å². The molecule has 3 aliphatic rings. The number of amides is 4. The monoisotopic (exact) mass is 871 g/mol. The van der Waals surface area contributed by atoms with Crippen LogP contribution < -0.4 is 30.0 Å². The van der Waals surface area contributed by atoms with Gasteiger partial charge in [0.1, 0.15) is 35.3 Å². The second-order valence-corrected chi connectivity index (χ2v) is 20.2. The number of hydrogen-bond acceptors (Lipinski definition) is 12. The van der Waals surface area contributed by atoms with Crippen molar-refractivity contribution in [3.05, 3.63) is 36.5 Å². The maximum atomic E-state index is 14.7. The van der Waals surface area contributed by atoms with Gasteiger partial charge in [-0.05, 0) is 110 Å². The molecular formula is C44H65N5O11S. The maximum Gasteiger partial charge on any atom is 0.408 e. The average molecular weight is 872 g/mol. The summed E-state index contributed by atoms with van der Waals surface area (Å²) < 4.78 is 55.8. The molecule has 4 amide bonds. The predicted octanol–water partition coefficient (Wildman–Crippen LogP) is 5.41. The number of primary amides is 1. The van der Waals surface area contributed by atoms with Crippen molar-refractivity contribution in [2.45, 2.75) is 128 Å². The molecule has 61 heavy (non-hydrogen) atoms. The molecule has 0 spiro atoms. The first-order valence-corrected chi connectivity index (χ1v) is 22.8. The Kier molecular flexibility index (Phi) is 15.6. The van der Waals surface area contributed by atoms with Crippen LogP contribution in [0, 0.1) is 23.7 Å². The van der Waals surface area contributed by atoms with E-state index in [0.717, 1.165) is 24.6 Å². The molecular weight excluding hydrogens is 807 g/mol. The molecule has 0 radical (unpaired) electrons. The molecule has 4 N–H and O–H groups in total. The van der Waals surface area contributed by atoms with Gasteiger partial charge in [-0.25, -0.2) is 18.2 Å². The summed E-state index contributed by atoms with van der Waals surface area (Å²) in [6, 6.07) is 3.24. The summed E-state index contributed by atoms with van der Waals surface area (Å²) in [5.74, 6) is -1.14. The van der Waals surface area contributed by atoms with E-state index < -0.39 is 74.2 Å². The number of nitrogens with one attached hydrogen (secondary N) is 2. The first kappa shape index (κ1) is 47.4. The van der Waals surface area contributed by atoms with E-state index in [0.29, 0.717) is 55.6 Å². The first-order valence-electron chi connectivity index (χ1n) is 21.4. The smallest absolute Gasteiger partial charge is 0.408 e. The van der Waals surface area contributed by atoms with Gasteiger partial charge < -0.3 is 39.6 Å². The molecule has 1 unspecified atom stereocenters. The fourth-order valence-electron chi connectivity index (χ4n) is 8.33. The Balaban J connectivity index is 1.29. The number of aromatic nitrogens is 1. The minimum absolute atomic E-state index is 0.00302. The van der Waals surface area contributed by atoms with Crippen molar-refractivity contribution in [1.29, 1.82) is 0 Å². The van der Waals surface area contributed by atoms with Crippen molar-refractivity contribution < 1.29 is 51.3 Å². The van der Waals surface area contributed by atoms with Gasteiger partial charge in [-0.1, -0.05) is 25.5 Å². The Morgan fingerprint density at radius 2 is 1.85 bits per heavy atom. The van der Waals surface area contributed by atoms with Crippen molar-refractivity contribution >= 4 is 44.6 Å². The number of nitrogens with zero attached hydrogens (tertiary/aromatic N) is 2. The van der Waals surface area contributed by atoms with Gasteiger partial charge >= 0.3 is 6.09 Å². The Labute approximate surface area is 360 Å². The van der Waals surface area contributed by atoms with Crippen molar-refractivity contribution in [2.24, 2.45) is 29.4 Å². The highest BCUT2D eigenvalue weighted by Gasteiger charge is 2.51. The van der Waals surface area contributed by atoms with Crippen LogP contribution in [-0.2, 0) is 33.9 Å². The molecule has 3 fully saturated rings. The fourth-order valence-corrected chi connectivity index (χ4v) is 9.63. The number of alkyl carbamates (subject to hydrolysis) is 1. The maximum absolute atomic E-state index is 14.7. The third kappa shape index (κ3) is 12.1. The molecule has 0 bridgehead atoms. The van der Waals surface area contributed by atoms with E-state index in [-0.39, 0.29) is 37.3 Å². The van der Waals surface area contributed by atoms with Gasteiger partial charge in [0.2, 0.25) is 33.6 Å². The highest BCUT2D eigenvalue weighted by molar-refractivity contribution is 7.91. The predicted molar refractivity (Wildman–Crippen MR) is 229 cm³/mol. The van der Waals surface area contributed by atoms with Crippen LogP contribution in [0.15, 0.2) is 36.5 Å². The average Bonchev–Trinajstić information content (AvgIpc) is 3.57. The van der Waals surface area contributed by atoms with Gasteiger partial charge in [0.15, 0.2) is 0 Å². The van der Waals surface area contributed by atoms with Gasteiger partial charge in [0.05, 0.1) is 37.8 Å². The van der Waals surface area contributed by atoms with Crippen LogP contribution >= 0.6 is 0 Å². The quantitative estimate of drug-likeness (QED) is 0.143. The SMILES string of the molecule is CCOc1cnc(O[C@@H]2C[C@@H](C(N)=O)N(C(=O)[C@@H](NC(=O)OC(C)(C)C)[C@H](COC)C[C@@H](C)CC/C=C\[C@@H]3CCCC3C(=O)NS(=O)(=O)C3(C)CC3)C2)c2ccc(OC)cc12. The van der Waals surface area contributed by atoms with E-state index in [2.05, 4.69) is 21.9 Å². The zero-order valence-corrected chi connectivity index (χ0v) is 37.7. The van der Waals surface area contributed by atoms with Gasteiger partial charge in [0, 0.05) is 36.1 Å². The fraction of sp³-hybridized carbons (Fsp3) is 0.659. The van der Waals surface area contributed by atoms with E-state index in [1.165, 1.54) is 12.0 Å². The number of nitrogens with two attached hydrogens (primary N) is 1. The van der Waals surface area contributed by atoms with Crippen LogP contribution in [0.4, 0.5) is 4.79 Å². The minimum atomic E-state index is -3.70. The normalized spacial score (nSPS) is 22.7. The number of sulfonamides is 1. The molecule has 1 aliphatic heterocycles. The van der Waals surface area contributed by atoms with E-state index in [9.17, 15) is 27.6 Å². The van der Waals surface area contributed by atoms with Crippen LogP contribution in [0.25, 0.3) is 10.8 Å². The number of likely N-dealkylation sites (tertiary alicyclic amines) is 1. The highest BCUT2D eigenvalue weighted by Crippen LogP contribution is 2.43. The molecule has 2 aromatic rings. The van der Waals surface area contributed by atoms with Crippen LogP contribution in [-0.4, -0.2) is 105 Å². The van der Waals surface area contributed by atoms with Crippen molar-refractivity contribution in [3.63, 3.8) is 0 Å². The van der Waals surface area contributed by atoms with E-state index in [1.54, 1.807) is 47.1 Å². The minimum Gasteiger partial charge on any atom is -0.497 e. The number of pyridine rings is 1. The number of carbonyl (C=O) groups excluding carboxylic acids is 4. The Morgan fingerprint density at radius 1 is 1.11 bits per heavy atom. The molecule has 7 atom stereocenters. The van der Waals surface area contributed by atoms with Gasteiger partial charge in [-0.3, -0.25) is 19.1 Å². The second kappa shape index (κ2) is 20.0. The van der Waals surface area contributed by atoms with Crippen LogP contribution in [0.2, 0.25) is 0 Å². The first-order chi connectivity index (χ1) is 28.8. The lowest BCUT2D eigenvalue weighted by Crippen LogP contribution is -2.57. The number of rotatable bonds is 20. The van der Waals surface area contributed by atoms with Crippen LogP contribution in [0.5, 0.6) is 17.4 Å². The molecule has 2 heterocycles. The summed E-state index contributed by atoms with van der Waals surface area (Å²) in [4.78, 5) is 59.9. The zero-order chi connectivity index (χ0) is 44.7. The molecule has 1 saturated heterocycles. The molecule has 1 aromatic carbocycles. The molecule has 17 heteroatoms. The van der Waals surface area contributed by atoms with E-state index in [4.69, 9.17) is 29.4 Å². The topological polar surface area (TPSA) is 215 Å². The third-order valence-electron chi connectivity index (χ3n) is 11.9. The van der Waals surface area contributed by atoms with Gasteiger partial charge in [-0.15, -0.1) is 0 Å². The van der Waals surface area contributed by atoms with Crippen LogP contribution in [0.1, 0.15) is 99.3 Å². The summed E-state index contributed by atoms with van der Waals surface area (Å²) in [5.41, 5.74) is 5.07. The third-order valence-corrected chi connectivity index (χ3v) is 14.1. The van der Waals surface area contributed by atoms with E-state index >= 15 is 0 Å². The van der Waals surface area contributed by atoms with Crippen LogP contribution in [0.3, 0.4) is 0 Å². The van der Waals surface area contributed by atoms with E-state index in [1.807, 2.05) is 31.2 Å². The number of methoxy groups -OCH3 is 2. The standard InChI is InChI=1S/C44H65N5O11S/c1-9-58-36-24-46-40(33-18-17-30(57-8)22-34(33)36)59-31-23-35(38(45)50)49(25-31)41(52)37(47-42(53)60-43(3,4)5)29(26-56-7)21-27(2)13-10-11-14-28-15-12-16-32(28)39(51)48-61(54,55)44(6)19-20-44/h11,14,17-18,22,24,27-29,31-32,35,37H,9-10,12-13,15-16,19-21,23,25-26H2,1-8H3,(H2,45,50)(H,47,53)(H,48,51)/b14-11-/t27-,28+,29-,31+,32?,35-,37-/m0/s1. The second-order valence-electron chi connectivity index (χ2n) is 18.0. The Hall–Kier alpha value is -4.64. The molecule has 2 saturated carbocycles. The van der Waals surface area contributed by atoms with Crippen molar-refractivity contribution in [3.8, 4) is 17.4 Å². The molecule has 1 aromatic heterocycles. The van der Waals surface area contributed by atoms with Gasteiger partial charge in [0.25, 0.3) is 0 Å². The number of carbonyl (C=O) groups is 4. The number of hydrogen-bond donors (Lipinski definition) is 3. The molecule has 5 rings (SSSR count). The summed E-state index contributed by atoms with van der Waals surface area (Å²) >= 11 is 0. The Morgan fingerprint density at radius 3 is 2.49 bits per heavy atom.